The number of amides is 1. The van der Waals surface area contributed by atoms with Crippen LogP contribution in [0, 0.1) is 0 Å². The van der Waals surface area contributed by atoms with E-state index in [-0.39, 0.29) is 11.9 Å². The summed E-state index contributed by atoms with van der Waals surface area (Å²) in [4.78, 5) is 16.1. The molecule has 1 aromatic carbocycles. The van der Waals surface area contributed by atoms with Gasteiger partial charge in [-0.25, -0.2) is 0 Å². The Morgan fingerprint density at radius 3 is 2.84 bits per heavy atom. The maximum Gasteiger partial charge on any atom is 0.244 e. The number of rotatable bonds is 3. The van der Waals surface area contributed by atoms with E-state index in [1.54, 1.807) is 4.90 Å². The van der Waals surface area contributed by atoms with Gasteiger partial charge in [0.25, 0.3) is 0 Å². The van der Waals surface area contributed by atoms with Crippen LogP contribution in [0.15, 0.2) is 22.7 Å². The smallest absolute Gasteiger partial charge is 0.244 e. The average molecular weight is 326 g/mol. The van der Waals surface area contributed by atoms with Crippen LogP contribution in [0.5, 0.6) is 0 Å². The minimum absolute atomic E-state index is 0.0365. The summed E-state index contributed by atoms with van der Waals surface area (Å²) in [6.07, 6.45) is 1.98. The van der Waals surface area contributed by atoms with Crippen LogP contribution in [0.1, 0.15) is 18.4 Å². The van der Waals surface area contributed by atoms with Crippen molar-refractivity contribution in [2.24, 2.45) is 5.73 Å². The summed E-state index contributed by atoms with van der Waals surface area (Å²) in [5.74, 6) is 0.177. The van der Waals surface area contributed by atoms with Crippen LogP contribution in [0.25, 0.3) is 0 Å². The summed E-state index contributed by atoms with van der Waals surface area (Å²) in [5.41, 5.74) is 7.83. The standard InChI is InChI=1S/C14H20BrN3O/c1-17(2)14(19)13-4-3-7-18(13)11-6-5-10(9-16)12(15)8-11/h5-6,8,13H,3-4,7,9,16H2,1-2H3. The summed E-state index contributed by atoms with van der Waals surface area (Å²) >= 11 is 3.54. The molecular formula is C14H20BrN3O. The number of nitrogens with two attached hydrogens (primary N) is 1. The zero-order valence-electron chi connectivity index (χ0n) is 11.4. The van der Waals surface area contributed by atoms with Gasteiger partial charge in [-0.1, -0.05) is 22.0 Å². The highest BCUT2D eigenvalue weighted by molar-refractivity contribution is 9.10. The SMILES string of the molecule is CN(C)C(=O)C1CCCN1c1ccc(CN)c(Br)c1. The molecule has 0 radical (unpaired) electrons. The van der Waals surface area contributed by atoms with Crippen LogP contribution in [0.2, 0.25) is 0 Å². The second kappa shape index (κ2) is 5.92. The Morgan fingerprint density at radius 2 is 2.26 bits per heavy atom. The number of hydrogen-bond acceptors (Lipinski definition) is 3. The van der Waals surface area contributed by atoms with Crippen LogP contribution in [0.3, 0.4) is 0 Å². The highest BCUT2D eigenvalue weighted by Crippen LogP contribution is 2.30. The van der Waals surface area contributed by atoms with Crippen molar-refractivity contribution in [3.63, 3.8) is 0 Å². The number of benzene rings is 1. The number of hydrogen-bond donors (Lipinski definition) is 1. The second-order valence-electron chi connectivity index (χ2n) is 5.06. The molecule has 2 rings (SSSR count). The summed E-state index contributed by atoms with van der Waals surface area (Å²) in [6.45, 7) is 1.44. The minimum atomic E-state index is -0.0365. The molecule has 0 spiro atoms. The van der Waals surface area contributed by atoms with Crippen LogP contribution < -0.4 is 10.6 Å². The van der Waals surface area contributed by atoms with Crippen molar-refractivity contribution in [2.75, 3.05) is 25.5 Å². The van der Waals surface area contributed by atoms with E-state index >= 15 is 0 Å². The van der Waals surface area contributed by atoms with Gasteiger partial charge in [-0.2, -0.15) is 0 Å². The summed E-state index contributed by atoms with van der Waals surface area (Å²) < 4.78 is 1.01. The maximum atomic E-state index is 12.2. The first kappa shape index (κ1) is 14.3. The van der Waals surface area contributed by atoms with Gasteiger partial charge in [0.15, 0.2) is 0 Å². The van der Waals surface area contributed by atoms with Crippen LogP contribution >= 0.6 is 15.9 Å². The first-order valence-corrected chi connectivity index (χ1v) is 7.30. The Bertz CT molecular complexity index is 476. The number of anilines is 1. The van der Waals surface area contributed by atoms with Crippen molar-refractivity contribution < 1.29 is 4.79 Å². The number of carbonyl (C=O) groups is 1. The van der Waals surface area contributed by atoms with Gasteiger partial charge in [0, 0.05) is 37.3 Å². The third-order valence-corrected chi connectivity index (χ3v) is 4.31. The fraction of sp³-hybridized carbons (Fsp3) is 0.500. The van der Waals surface area contributed by atoms with Gasteiger partial charge in [0.05, 0.1) is 0 Å². The average Bonchev–Trinajstić information content (AvgIpc) is 2.86. The third-order valence-electron chi connectivity index (χ3n) is 3.57. The Balaban J connectivity index is 2.25. The summed E-state index contributed by atoms with van der Waals surface area (Å²) in [5, 5.41) is 0. The number of halogens is 1. The van der Waals surface area contributed by atoms with E-state index in [0.29, 0.717) is 6.54 Å². The van der Waals surface area contributed by atoms with Crippen LogP contribution in [-0.2, 0) is 11.3 Å². The number of likely N-dealkylation sites (N-methyl/N-ethyl adjacent to an activating group) is 1. The molecule has 0 aromatic heterocycles. The fourth-order valence-corrected chi connectivity index (χ4v) is 3.04. The molecule has 1 aliphatic rings. The van der Waals surface area contributed by atoms with E-state index in [1.165, 1.54) is 0 Å². The Kier molecular flexibility index (Phi) is 4.47. The highest BCUT2D eigenvalue weighted by Gasteiger charge is 2.31. The van der Waals surface area contributed by atoms with Gasteiger partial charge in [-0.15, -0.1) is 0 Å². The molecule has 1 fully saturated rings. The molecule has 0 aliphatic carbocycles. The molecule has 5 heteroatoms. The van der Waals surface area contributed by atoms with Gasteiger partial charge in [0.2, 0.25) is 5.91 Å². The van der Waals surface area contributed by atoms with E-state index < -0.39 is 0 Å². The normalized spacial score (nSPS) is 18.7. The molecule has 1 unspecified atom stereocenters. The molecule has 1 amide bonds. The lowest BCUT2D eigenvalue weighted by Gasteiger charge is -2.28. The Morgan fingerprint density at radius 1 is 1.53 bits per heavy atom. The van der Waals surface area contributed by atoms with E-state index in [0.717, 1.165) is 35.1 Å². The van der Waals surface area contributed by atoms with Crippen molar-refractivity contribution in [2.45, 2.75) is 25.4 Å². The largest absolute Gasteiger partial charge is 0.359 e. The first-order valence-electron chi connectivity index (χ1n) is 6.51. The van der Waals surface area contributed by atoms with E-state index in [1.807, 2.05) is 26.2 Å². The molecule has 0 saturated carbocycles. The molecule has 4 nitrogen and oxygen atoms in total. The summed E-state index contributed by atoms with van der Waals surface area (Å²) in [6, 6.07) is 6.10. The molecule has 0 bridgehead atoms. The van der Waals surface area contributed by atoms with Crippen molar-refractivity contribution in [3.8, 4) is 0 Å². The lowest BCUT2D eigenvalue weighted by molar-refractivity contribution is -0.129. The zero-order valence-corrected chi connectivity index (χ0v) is 13.0. The minimum Gasteiger partial charge on any atom is -0.359 e. The molecule has 1 atom stereocenters. The molecule has 1 aromatic rings. The molecule has 19 heavy (non-hydrogen) atoms. The van der Waals surface area contributed by atoms with Gasteiger partial charge < -0.3 is 15.5 Å². The molecular weight excluding hydrogens is 306 g/mol. The lowest BCUT2D eigenvalue weighted by atomic mass is 10.1. The number of carbonyl (C=O) groups excluding carboxylic acids is 1. The third kappa shape index (κ3) is 2.92. The molecule has 104 valence electrons. The van der Waals surface area contributed by atoms with Gasteiger partial charge >= 0.3 is 0 Å². The van der Waals surface area contributed by atoms with E-state index in [4.69, 9.17) is 5.73 Å². The van der Waals surface area contributed by atoms with Crippen LogP contribution in [-0.4, -0.2) is 37.5 Å². The predicted octanol–water partition coefficient (Wildman–Crippen LogP) is 1.96. The molecule has 2 N–H and O–H groups in total. The van der Waals surface area contributed by atoms with E-state index in [9.17, 15) is 4.79 Å². The van der Waals surface area contributed by atoms with Crippen LogP contribution in [0.4, 0.5) is 5.69 Å². The first-order chi connectivity index (χ1) is 9.04. The lowest BCUT2D eigenvalue weighted by Crippen LogP contribution is -2.42. The molecule has 1 saturated heterocycles. The van der Waals surface area contributed by atoms with Gasteiger partial charge in [0.1, 0.15) is 6.04 Å². The Labute approximate surface area is 122 Å². The molecule has 1 aliphatic heterocycles. The maximum absolute atomic E-state index is 12.2. The van der Waals surface area contributed by atoms with Crippen molar-refractivity contribution >= 4 is 27.5 Å². The van der Waals surface area contributed by atoms with Crippen molar-refractivity contribution in [1.29, 1.82) is 0 Å². The predicted molar refractivity (Wildman–Crippen MR) is 81.1 cm³/mol. The van der Waals surface area contributed by atoms with Crippen molar-refractivity contribution in [1.82, 2.24) is 4.90 Å². The van der Waals surface area contributed by atoms with Crippen molar-refractivity contribution in [3.05, 3.63) is 28.2 Å². The van der Waals surface area contributed by atoms with Gasteiger partial charge in [-0.05, 0) is 30.5 Å². The second-order valence-corrected chi connectivity index (χ2v) is 5.92. The topological polar surface area (TPSA) is 49.6 Å². The quantitative estimate of drug-likeness (QED) is 0.924. The number of nitrogens with zero attached hydrogens (tertiary/aromatic N) is 2. The monoisotopic (exact) mass is 325 g/mol. The van der Waals surface area contributed by atoms with Gasteiger partial charge in [-0.3, -0.25) is 4.79 Å². The fourth-order valence-electron chi connectivity index (χ4n) is 2.51. The Hall–Kier alpha value is -1.07. The zero-order chi connectivity index (χ0) is 14.0. The summed E-state index contributed by atoms with van der Waals surface area (Å²) in [7, 11) is 3.62. The molecule has 1 heterocycles. The highest BCUT2D eigenvalue weighted by atomic mass is 79.9. The van der Waals surface area contributed by atoms with E-state index in [2.05, 4.69) is 26.9 Å².